The first-order chi connectivity index (χ1) is 9.13. The van der Waals surface area contributed by atoms with Crippen LogP contribution in [0.5, 0.6) is 5.75 Å². The molecule has 0 aliphatic heterocycles. The maximum atomic E-state index is 12.7. The van der Waals surface area contributed by atoms with Gasteiger partial charge in [-0.1, -0.05) is 23.7 Å². The SMILES string of the molecule is O=C(CCc1cccc(Cl)c1)Oc1ccc(F)cc1. The monoisotopic (exact) mass is 278 g/mol. The fourth-order valence-corrected chi connectivity index (χ4v) is 1.84. The van der Waals surface area contributed by atoms with Crippen LogP contribution in [0.4, 0.5) is 4.39 Å². The third-order valence-corrected chi connectivity index (χ3v) is 2.79. The van der Waals surface area contributed by atoms with Gasteiger partial charge in [0.25, 0.3) is 0 Å². The summed E-state index contributed by atoms with van der Waals surface area (Å²) >= 11 is 5.85. The first-order valence-corrected chi connectivity index (χ1v) is 6.22. The van der Waals surface area contributed by atoms with E-state index in [1.165, 1.54) is 24.3 Å². The van der Waals surface area contributed by atoms with Crippen molar-refractivity contribution in [2.75, 3.05) is 0 Å². The fourth-order valence-electron chi connectivity index (χ4n) is 1.62. The van der Waals surface area contributed by atoms with E-state index < -0.39 is 0 Å². The molecule has 0 aliphatic rings. The minimum atomic E-state index is -0.362. The molecule has 19 heavy (non-hydrogen) atoms. The van der Waals surface area contributed by atoms with E-state index in [1.54, 1.807) is 6.07 Å². The van der Waals surface area contributed by atoms with Gasteiger partial charge in [-0.05, 0) is 48.4 Å². The van der Waals surface area contributed by atoms with Gasteiger partial charge in [-0.15, -0.1) is 0 Å². The summed E-state index contributed by atoms with van der Waals surface area (Å²) in [6.07, 6.45) is 0.804. The fraction of sp³-hybridized carbons (Fsp3) is 0.133. The number of halogens is 2. The van der Waals surface area contributed by atoms with Crippen molar-refractivity contribution in [3.8, 4) is 5.75 Å². The molecule has 2 aromatic rings. The zero-order valence-electron chi connectivity index (χ0n) is 10.1. The van der Waals surface area contributed by atoms with Crippen LogP contribution in [-0.2, 0) is 11.2 Å². The van der Waals surface area contributed by atoms with Crippen LogP contribution in [-0.4, -0.2) is 5.97 Å². The molecule has 0 spiro atoms. The normalized spacial score (nSPS) is 10.2. The van der Waals surface area contributed by atoms with E-state index in [9.17, 15) is 9.18 Å². The largest absolute Gasteiger partial charge is 0.427 e. The van der Waals surface area contributed by atoms with E-state index in [2.05, 4.69) is 0 Å². The Labute approximate surface area is 115 Å². The van der Waals surface area contributed by atoms with E-state index in [1.807, 2.05) is 18.2 Å². The minimum absolute atomic E-state index is 0.248. The molecule has 0 fully saturated rings. The van der Waals surface area contributed by atoms with E-state index in [0.717, 1.165) is 5.56 Å². The summed E-state index contributed by atoms with van der Waals surface area (Å²) in [5, 5.41) is 0.643. The molecule has 98 valence electrons. The van der Waals surface area contributed by atoms with E-state index in [4.69, 9.17) is 16.3 Å². The van der Waals surface area contributed by atoms with Gasteiger partial charge < -0.3 is 4.74 Å². The lowest BCUT2D eigenvalue weighted by atomic mass is 10.1. The van der Waals surface area contributed by atoms with Gasteiger partial charge in [-0.3, -0.25) is 4.79 Å². The molecule has 2 rings (SSSR count). The van der Waals surface area contributed by atoms with Gasteiger partial charge in [0.15, 0.2) is 0 Å². The van der Waals surface area contributed by atoms with Crippen molar-refractivity contribution in [1.29, 1.82) is 0 Å². The molecule has 0 aliphatic carbocycles. The molecule has 0 radical (unpaired) electrons. The summed E-state index contributed by atoms with van der Waals surface area (Å²) in [4.78, 5) is 11.6. The van der Waals surface area contributed by atoms with Crippen LogP contribution in [0.15, 0.2) is 48.5 Å². The Hall–Kier alpha value is -1.87. The van der Waals surface area contributed by atoms with Crippen molar-refractivity contribution in [3.63, 3.8) is 0 Å². The average Bonchev–Trinajstić information content (AvgIpc) is 2.39. The number of carbonyl (C=O) groups excluding carboxylic acids is 1. The number of hydrogen-bond donors (Lipinski definition) is 0. The maximum absolute atomic E-state index is 12.7. The summed E-state index contributed by atoms with van der Waals surface area (Å²) in [7, 11) is 0. The molecule has 0 bridgehead atoms. The topological polar surface area (TPSA) is 26.3 Å². The van der Waals surface area contributed by atoms with Crippen molar-refractivity contribution < 1.29 is 13.9 Å². The first-order valence-electron chi connectivity index (χ1n) is 5.84. The Morgan fingerprint density at radius 3 is 2.58 bits per heavy atom. The van der Waals surface area contributed by atoms with E-state index >= 15 is 0 Å². The molecule has 0 unspecified atom stereocenters. The number of rotatable bonds is 4. The smallest absolute Gasteiger partial charge is 0.311 e. The van der Waals surface area contributed by atoms with E-state index in [-0.39, 0.29) is 18.2 Å². The van der Waals surface area contributed by atoms with Gasteiger partial charge >= 0.3 is 5.97 Å². The van der Waals surface area contributed by atoms with Crippen molar-refractivity contribution in [2.24, 2.45) is 0 Å². The summed E-state index contributed by atoms with van der Waals surface area (Å²) in [6.45, 7) is 0. The van der Waals surface area contributed by atoms with Crippen LogP contribution in [0.1, 0.15) is 12.0 Å². The molecule has 0 N–H and O–H groups in total. The van der Waals surface area contributed by atoms with Crippen LogP contribution in [0, 0.1) is 5.82 Å². The second kappa shape index (κ2) is 6.34. The number of carbonyl (C=O) groups is 1. The molecule has 2 aromatic carbocycles. The van der Waals surface area contributed by atoms with Crippen LogP contribution in [0.2, 0.25) is 5.02 Å². The summed E-state index contributed by atoms with van der Waals surface area (Å²) < 4.78 is 17.8. The summed E-state index contributed by atoms with van der Waals surface area (Å²) in [6, 6.07) is 12.7. The van der Waals surface area contributed by atoms with Gasteiger partial charge in [0.2, 0.25) is 0 Å². The average molecular weight is 279 g/mol. The Balaban J connectivity index is 1.86. The zero-order valence-corrected chi connectivity index (χ0v) is 10.9. The second-order valence-corrected chi connectivity index (χ2v) is 4.49. The number of ether oxygens (including phenoxy) is 1. The van der Waals surface area contributed by atoms with Crippen molar-refractivity contribution in [3.05, 3.63) is 64.9 Å². The molecule has 2 nitrogen and oxygen atoms in total. The number of esters is 1. The van der Waals surface area contributed by atoms with Crippen LogP contribution in [0.3, 0.4) is 0 Å². The Morgan fingerprint density at radius 2 is 1.89 bits per heavy atom. The lowest BCUT2D eigenvalue weighted by Gasteiger charge is -2.04. The second-order valence-electron chi connectivity index (χ2n) is 4.06. The Kier molecular flexibility index (Phi) is 4.53. The molecule has 4 heteroatoms. The highest BCUT2D eigenvalue weighted by Gasteiger charge is 2.06. The Bertz CT molecular complexity index is 567. The number of benzene rings is 2. The predicted molar refractivity (Wildman–Crippen MR) is 71.8 cm³/mol. The van der Waals surface area contributed by atoms with Crippen molar-refractivity contribution >= 4 is 17.6 Å². The third-order valence-electron chi connectivity index (χ3n) is 2.55. The lowest BCUT2D eigenvalue weighted by Crippen LogP contribution is -2.09. The van der Waals surface area contributed by atoms with Gasteiger partial charge in [0.1, 0.15) is 11.6 Å². The van der Waals surface area contributed by atoms with Gasteiger partial charge in [-0.25, -0.2) is 4.39 Å². The predicted octanol–water partition coefficient (Wildman–Crippen LogP) is 4.02. The van der Waals surface area contributed by atoms with Gasteiger partial charge in [0.05, 0.1) is 0 Å². The highest BCUT2D eigenvalue weighted by Crippen LogP contribution is 2.14. The molecule has 0 amide bonds. The number of hydrogen-bond acceptors (Lipinski definition) is 2. The van der Waals surface area contributed by atoms with Crippen molar-refractivity contribution in [1.82, 2.24) is 0 Å². The quantitative estimate of drug-likeness (QED) is 0.624. The highest BCUT2D eigenvalue weighted by atomic mass is 35.5. The Morgan fingerprint density at radius 1 is 1.16 bits per heavy atom. The first kappa shape index (κ1) is 13.6. The van der Waals surface area contributed by atoms with Gasteiger partial charge in [-0.2, -0.15) is 0 Å². The van der Waals surface area contributed by atoms with E-state index in [0.29, 0.717) is 17.2 Å². The molecule has 0 atom stereocenters. The molecular weight excluding hydrogens is 267 g/mol. The standard InChI is InChI=1S/C15H12ClFO2/c16-12-3-1-2-11(10-12)4-9-15(18)19-14-7-5-13(17)6-8-14/h1-3,5-8,10H,4,9H2. The zero-order chi connectivity index (χ0) is 13.7. The van der Waals surface area contributed by atoms with Crippen LogP contribution in [0.25, 0.3) is 0 Å². The summed E-state index contributed by atoms with van der Waals surface area (Å²) in [5.74, 6) is -0.372. The summed E-state index contributed by atoms with van der Waals surface area (Å²) in [5.41, 5.74) is 0.976. The van der Waals surface area contributed by atoms with Gasteiger partial charge in [0, 0.05) is 11.4 Å². The van der Waals surface area contributed by atoms with Crippen LogP contribution < -0.4 is 4.74 Å². The van der Waals surface area contributed by atoms with Crippen molar-refractivity contribution in [2.45, 2.75) is 12.8 Å². The molecule has 0 saturated carbocycles. The molecule has 0 heterocycles. The lowest BCUT2D eigenvalue weighted by molar-refractivity contribution is -0.134. The molecule has 0 saturated heterocycles. The molecular formula is C15H12ClFO2. The van der Waals surface area contributed by atoms with Crippen LogP contribution >= 0.6 is 11.6 Å². The third kappa shape index (κ3) is 4.38. The minimum Gasteiger partial charge on any atom is -0.427 e. The highest BCUT2D eigenvalue weighted by molar-refractivity contribution is 6.30. The number of aryl methyl sites for hydroxylation is 1. The molecule has 0 aromatic heterocycles. The maximum Gasteiger partial charge on any atom is 0.311 e.